The Morgan fingerprint density at radius 3 is 2.66 bits per heavy atom. The maximum absolute atomic E-state index is 16.0. The molecule has 4 N–H and O–H groups in total. The van der Waals surface area contributed by atoms with Crippen molar-refractivity contribution in [3.63, 3.8) is 0 Å². The van der Waals surface area contributed by atoms with Crippen molar-refractivity contribution in [3.05, 3.63) is 36.7 Å². The van der Waals surface area contributed by atoms with Gasteiger partial charge in [0.1, 0.15) is 24.0 Å². The van der Waals surface area contributed by atoms with E-state index >= 15 is 4.39 Å². The topological polar surface area (TPSA) is 182 Å². The Labute approximate surface area is 235 Å². The van der Waals surface area contributed by atoms with E-state index in [2.05, 4.69) is 20.0 Å². The van der Waals surface area contributed by atoms with Crippen LogP contribution >= 0.6 is 7.75 Å². The molecule has 1 saturated heterocycles. The Balaban J connectivity index is 1.56. The van der Waals surface area contributed by atoms with E-state index in [1.165, 1.54) is 17.8 Å². The molecule has 16 heteroatoms. The van der Waals surface area contributed by atoms with Crippen LogP contribution in [0.5, 0.6) is 11.6 Å². The number of carbonyl (C=O) groups excluding carboxylic acids is 1. The van der Waals surface area contributed by atoms with Crippen molar-refractivity contribution in [2.24, 2.45) is 0 Å². The molecule has 0 aliphatic carbocycles. The van der Waals surface area contributed by atoms with Gasteiger partial charge in [-0.1, -0.05) is 18.2 Å². The maximum Gasteiger partial charge on any atom is 0.459 e. The quantitative estimate of drug-likeness (QED) is 0.205. The highest BCUT2D eigenvalue weighted by atomic mass is 31.2. The minimum Gasteiger partial charge on any atom is -0.476 e. The van der Waals surface area contributed by atoms with Crippen molar-refractivity contribution < 1.29 is 42.1 Å². The van der Waals surface area contributed by atoms with Crippen LogP contribution in [-0.4, -0.2) is 73.8 Å². The zero-order valence-corrected chi connectivity index (χ0v) is 24.2. The third-order valence-electron chi connectivity index (χ3n) is 6.09. The normalized spacial score (nSPS) is 24.7. The lowest BCUT2D eigenvalue weighted by Crippen LogP contribution is -2.41. The molecule has 1 aromatic carbocycles. The van der Waals surface area contributed by atoms with Gasteiger partial charge in [-0.15, -0.1) is 0 Å². The highest BCUT2D eigenvalue weighted by Gasteiger charge is 2.56. The third-order valence-corrected chi connectivity index (χ3v) is 7.74. The first-order valence-electron chi connectivity index (χ1n) is 13.0. The lowest BCUT2D eigenvalue weighted by atomic mass is 9.98. The summed E-state index contributed by atoms with van der Waals surface area (Å²) >= 11 is 0. The number of nitrogens with zero attached hydrogens (tertiary/aromatic N) is 4. The Morgan fingerprint density at radius 2 is 2.00 bits per heavy atom. The van der Waals surface area contributed by atoms with E-state index in [0.717, 1.165) is 6.92 Å². The Kier molecular flexibility index (Phi) is 9.14. The molecule has 3 aromatic rings. The van der Waals surface area contributed by atoms with Crippen LogP contribution in [0.2, 0.25) is 0 Å². The summed E-state index contributed by atoms with van der Waals surface area (Å²) in [5.74, 6) is -0.519. The number of esters is 1. The average molecular weight is 597 g/mol. The van der Waals surface area contributed by atoms with Gasteiger partial charge in [0.15, 0.2) is 23.1 Å². The number of fused-ring (bicyclic) bond motifs is 1. The molecule has 1 fully saturated rings. The van der Waals surface area contributed by atoms with E-state index in [4.69, 9.17) is 29.0 Å². The number of nitrogens with two attached hydrogens (primary N) is 1. The zero-order chi connectivity index (χ0) is 29.9. The third kappa shape index (κ3) is 6.76. The molecule has 0 spiro atoms. The van der Waals surface area contributed by atoms with Gasteiger partial charge in [0.25, 0.3) is 0 Å². The summed E-state index contributed by atoms with van der Waals surface area (Å²) in [7, 11) is -4.29. The smallest absolute Gasteiger partial charge is 0.459 e. The number of ether oxygens (including phenoxy) is 3. The number of imidazole rings is 1. The van der Waals surface area contributed by atoms with Crippen LogP contribution < -0.4 is 20.1 Å². The van der Waals surface area contributed by atoms with Gasteiger partial charge in [0.2, 0.25) is 11.8 Å². The lowest BCUT2D eigenvalue weighted by molar-refractivity contribution is -0.149. The van der Waals surface area contributed by atoms with Crippen molar-refractivity contribution in [2.75, 3.05) is 18.9 Å². The maximum atomic E-state index is 16.0. The number of anilines is 1. The first-order valence-corrected chi connectivity index (χ1v) is 14.5. The van der Waals surface area contributed by atoms with Gasteiger partial charge in [0.05, 0.1) is 25.6 Å². The number of para-hydroxylation sites is 1. The fourth-order valence-corrected chi connectivity index (χ4v) is 5.67. The van der Waals surface area contributed by atoms with Crippen molar-refractivity contribution >= 4 is 30.8 Å². The fraction of sp³-hybridized carbons (Fsp3) is 0.520. The number of aliphatic hydroxyl groups excluding tert-OH is 1. The lowest BCUT2D eigenvalue weighted by Gasteiger charge is -2.25. The predicted octanol–water partition coefficient (Wildman–Crippen LogP) is 2.93. The van der Waals surface area contributed by atoms with Crippen LogP contribution in [0, 0.1) is 0 Å². The molecule has 0 radical (unpaired) electrons. The van der Waals surface area contributed by atoms with Crippen molar-refractivity contribution in [1.82, 2.24) is 24.6 Å². The molecule has 4 rings (SSSR count). The monoisotopic (exact) mass is 596 g/mol. The number of hydrogen-bond donors (Lipinski definition) is 3. The molecule has 14 nitrogen and oxygen atoms in total. The highest BCUT2D eigenvalue weighted by molar-refractivity contribution is 7.52. The van der Waals surface area contributed by atoms with Gasteiger partial charge in [-0.2, -0.15) is 15.1 Å². The van der Waals surface area contributed by atoms with E-state index in [1.807, 2.05) is 0 Å². The number of aliphatic hydroxyl groups is 1. The second-order valence-corrected chi connectivity index (χ2v) is 11.5. The van der Waals surface area contributed by atoms with Crippen molar-refractivity contribution in [1.29, 1.82) is 0 Å². The summed E-state index contributed by atoms with van der Waals surface area (Å²) in [4.78, 5) is 24.8. The van der Waals surface area contributed by atoms with Gasteiger partial charge in [-0.3, -0.25) is 13.9 Å². The number of hydrogen-bond acceptors (Lipinski definition) is 12. The molecule has 6 atom stereocenters. The molecular formula is C25H34FN6O8P. The molecule has 0 amide bonds. The van der Waals surface area contributed by atoms with Gasteiger partial charge >= 0.3 is 13.7 Å². The molecular weight excluding hydrogens is 562 g/mol. The molecule has 3 heterocycles. The Hall–Kier alpha value is -3.36. The van der Waals surface area contributed by atoms with E-state index < -0.39 is 56.6 Å². The van der Waals surface area contributed by atoms with Crippen LogP contribution in [0.15, 0.2) is 36.7 Å². The summed E-state index contributed by atoms with van der Waals surface area (Å²) in [6.45, 7) is 7.38. The number of rotatable bonds is 12. The van der Waals surface area contributed by atoms with Gasteiger partial charge in [0, 0.05) is 0 Å². The molecule has 2 aromatic heterocycles. The number of alkyl halides is 1. The average Bonchev–Trinajstić information content (AvgIpc) is 3.41. The molecule has 1 aliphatic heterocycles. The van der Waals surface area contributed by atoms with E-state index in [0.29, 0.717) is 0 Å². The van der Waals surface area contributed by atoms with E-state index in [-0.39, 0.29) is 35.3 Å². The van der Waals surface area contributed by atoms with E-state index in [1.54, 1.807) is 51.1 Å². The van der Waals surface area contributed by atoms with E-state index in [9.17, 15) is 14.5 Å². The minimum atomic E-state index is -4.29. The van der Waals surface area contributed by atoms with Gasteiger partial charge in [-0.05, 0) is 46.8 Å². The van der Waals surface area contributed by atoms with Crippen molar-refractivity contribution in [3.8, 4) is 11.6 Å². The first kappa shape index (κ1) is 30.6. The van der Waals surface area contributed by atoms with Crippen molar-refractivity contribution in [2.45, 2.75) is 70.9 Å². The van der Waals surface area contributed by atoms with Crippen LogP contribution in [0.1, 0.15) is 40.8 Å². The molecule has 2 unspecified atom stereocenters. The largest absolute Gasteiger partial charge is 0.476 e. The van der Waals surface area contributed by atoms with Crippen LogP contribution in [0.4, 0.5) is 10.3 Å². The number of nitrogens with one attached hydrogen (secondary N) is 1. The number of aromatic nitrogens is 4. The summed E-state index contributed by atoms with van der Waals surface area (Å²) < 4.78 is 58.8. The standard InChI is InChI=1S/C25H34FN6O8P/c1-6-36-21-18-20(29-24(27)30-21)32(13-28-18)23-25(5,26)19(33)17(39-23)12-37-41(35,40-16-10-8-7-9-11-16)31-15(4)22(34)38-14(2)3/h7-11,13-15,17,19,23,33H,6,12H2,1-5H3,(H,31,35)(H2,27,29,30)/t15-,17-,19-,23?,25-,41?/m1/s1. The van der Waals surface area contributed by atoms with Gasteiger partial charge < -0.3 is 29.6 Å². The first-order chi connectivity index (χ1) is 19.3. The summed E-state index contributed by atoms with van der Waals surface area (Å²) in [5.41, 5.74) is 3.79. The van der Waals surface area contributed by atoms with Gasteiger partial charge in [-0.25, -0.2) is 13.9 Å². The van der Waals surface area contributed by atoms with Crippen LogP contribution in [0.3, 0.4) is 0 Å². The highest BCUT2D eigenvalue weighted by Crippen LogP contribution is 2.48. The second kappa shape index (κ2) is 12.2. The molecule has 1 aliphatic rings. The Bertz CT molecular complexity index is 1410. The SMILES string of the molecule is CCOc1nc(N)nc2c1ncn2C1O[C@H](COP(=O)(N[C@H](C)C(=O)OC(C)C)Oc2ccccc2)[C@@H](O)[C@@]1(C)F. The molecule has 224 valence electrons. The fourth-order valence-electron chi connectivity index (χ4n) is 4.17. The summed E-state index contributed by atoms with van der Waals surface area (Å²) in [5, 5.41) is 13.4. The van der Waals surface area contributed by atoms with Crippen LogP contribution in [-0.2, 0) is 23.4 Å². The zero-order valence-electron chi connectivity index (χ0n) is 23.3. The van der Waals surface area contributed by atoms with Crippen LogP contribution in [0.25, 0.3) is 11.2 Å². The molecule has 41 heavy (non-hydrogen) atoms. The second-order valence-electron chi connectivity index (χ2n) is 9.80. The summed E-state index contributed by atoms with van der Waals surface area (Å²) in [6.07, 6.45) is -3.61. The minimum absolute atomic E-state index is 0.114. The molecule has 0 bridgehead atoms. The number of benzene rings is 1. The number of halogens is 1. The number of nitrogen functional groups attached to an aromatic ring is 1. The summed E-state index contributed by atoms with van der Waals surface area (Å²) in [6, 6.07) is 7.03. The Morgan fingerprint density at radius 1 is 1.29 bits per heavy atom. The molecule has 0 saturated carbocycles. The predicted molar refractivity (Wildman–Crippen MR) is 145 cm³/mol. The number of carbonyl (C=O) groups is 1.